The maximum atomic E-state index is 12.6. The molecular weight excluding hydrogens is 240 g/mol. The van der Waals surface area contributed by atoms with Crippen molar-refractivity contribution in [3.63, 3.8) is 0 Å². The minimum absolute atomic E-state index is 0.0948. The van der Waals surface area contributed by atoms with Crippen LogP contribution in [-0.2, 0) is 0 Å². The minimum atomic E-state index is 0.0948. The van der Waals surface area contributed by atoms with Gasteiger partial charge in [-0.05, 0) is 32.0 Å². The third kappa shape index (κ3) is 2.10. The van der Waals surface area contributed by atoms with Crippen molar-refractivity contribution in [2.75, 3.05) is 13.1 Å². The van der Waals surface area contributed by atoms with Gasteiger partial charge in [-0.25, -0.2) is 4.98 Å². The fourth-order valence-corrected chi connectivity index (χ4v) is 2.58. The van der Waals surface area contributed by atoms with Gasteiger partial charge in [0.1, 0.15) is 0 Å². The molecule has 1 saturated heterocycles. The van der Waals surface area contributed by atoms with Gasteiger partial charge in [0.05, 0.1) is 17.4 Å². The first-order chi connectivity index (χ1) is 9.16. The number of carbonyl (C=O) groups excluding carboxylic acids is 1. The Morgan fingerprint density at radius 2 is 2.26 bits per heavy atom. The molecule has 2 unspecified atom stereocenters. The number of nitrogens with zero attached hydrogens (tertiary/aromatic N) is 2. The van der Waals surface area contributed by atoms with Gasteiger partial charge in [-0.2, -0.15) is 0 Å². The molecule has 0 bridgehead atoms. The quantitative estimate of drug-likeness (QED) is 0.812. The van der Waals surface area contributed by atoms with Gasteiger partial charge in [0.25, 0.3) is 5.91 Å². The third-order valence-electron chi connectivity index (χ3n) is 3.96. The number of benzene rings is 1. The lowest BCUT2D eigenvalue weighted by atomic mass is 10.1. The summed E-state index contributed by atoms with van der Waals surface area (Å²) in [7, 11) is 0. The number of hydrogen-bond acceptors (Lipinski definition) is 3. The molecule has 2 N–H and O–H groups in total. The van der Waals surface area contributed by atoms with Crippen LogP contribution in [0.1, 0.15) is 24.2 Å². The van der Waals surface area contributed by atoms with Crippen LogP contribution in [0.15, 0.2) is 24.5 Å². The van der Waals surface area contributed by atoms with Crippen molar-refractivity contribution < 1.29 is 4.79 Å². The van der Waals surface area contributed by atoms with Gasteiger partial charge >= 0.3 is 0 Å². The number of H-pyrrole nitrogens is 1. The van der Waals surface area contributed by atoms with Crippen molar-refractivity contribution in [1.29, 1.82) is 0 Å². The van der Waals surface area contributed by atoms with Crippen molar-refractivity contribution in [3.8, 4) is 0 Å². The van der Waals surface area contributed by atoms with Crippen LogP contribution in [0.5, 0.6) is 0 Å². The Hall–Kier alpha value is -1.88. The minimum Gasteiger partial charge on any atom is -0.345 e. The van der Waals surface area contributed by atoms with E-state index in [4.69, 9.17) is 0 Å². The first-order valence-electron chi connectivity index (χ1n) is 6.64. The Morgan fingerprint density at radius 1 is 1.42 bits per heavy atom. The summed E-state index contributed by atoms with van der Waals surface area (Å²) >= 11 is 0. The highest BCUT2D eigenvalue weighted by Crippen LogP contribution is 2.17. The number of hydrogen-bond donors (Lipinski definition) is 2. The molecule has 1 fully saturated rings. The number of fused-ring (bicyclic) bond motifs is 1. The highest BCUT2D eigenvalue weighted by atomic mass is 16.2. The monoisotopic (exact) mass is 258 g/mol. The zero-order chi connectivity index (χ0) is 13.4. The van der Waals surface area contributed by atoms with Crippen LogP contribution in [0.3, 0.4) is 0 Å². The molecule has 0 radical (unpaired) electrons. The van der Waals surface area contributed by atoms with E-state index in [1.807, 2.05) is 23.1 Å². The third-order valence-corrected chi connectivity index (χ3v) is 3.96. The lowest BCUT2D eigenvalue weighted by Crippen LogP contribution is -2.57. The summed E-state index contributed by atoms with van der Waals surface area (Å²) in [5.41, 5.74) is 2.51. The molecule has 0 aliphatic carbocycles. The number of aromatic amines is 1. The van der Waals surface area contributed by atoms with Gasteiger partial charge in [-0.3, -0.25) is 4.79 Å². The summed E-state index contributed by atoms with van der Waals surface area (Å²) < 4.78 is 0. The van der Waals surface area contributed by atoms with Crippen LogP contribution in [0.25, 0.3) is 11.0 Å². The molecule has 1 aliphatic rings. The second kappa shape index (κ2) is 4.66. The average molecular weight is 258 g/mol. The molecule has 19 heavy (non-hydrogen) atoms. The van der Waals surface area contributed by atoms with Gasteiger partial charge in [0, 0.05) is 30.7 Å². The maximum absolute atomic E-state index is 12.6. The smallest absolute Gasteiger partial charge is 0.254 e. The lowest BCUT2D eigenvalue weighted by Gasteiger charge is -2.38. The van der Waals surface area contributed by atoms with Gasteiger partial charge in [0.2, 0.25) is 0 Å². The van der Waals surface area contributed by atoms with E-state index >= 15 is 0 Å². The second-order valence-corrected chi connectivity index (χ2v) is 5.12. The summed E-state index contributed by atoms with van der Waals surface area (Å²) in [6.45, 7) is 5.81. The van der Waals surface area contributed by atoms with Gasteiger partial charge in [-0.1, -0.05) is 0 Å². The normalized spacial score (nSPS) is 23.8. The number of carbonyl (C=O) groups is 1. The number of rotatable bonds is 1. The Kier molecular flexibility index (Phi) is 2.98. The number of aromatic nitrogens is 2. The fourth-order valence-electron chi connectivity index (χ4n) is 2.58. The largest absolute Gasteiger partial charge is 0.345 e. The molecule has 2 aromatic rings. The Balaban J connectivity index is 1.90. The number of nitrogens with one attached hydrogen (secondary N) is 2. The number of amides is 1. The van der Waals surface area contributed by atoms with Gasteiger partial charge in [0.15, 0.2) is 0 Å². The highest BCUT2D eigenvalue weighted by molar-refractivity contribution is 5.97. The van der Waals surface area contributed by atoms with E-state index in [9.17, 15) is 4.79 Å². The molecule has 3 rings (SSSR count). The maximum Gasteiger partial charge on any atom is 0.254 e. The molecule has 2 heterocycles. The first-order valence-corrected chi connectivity index (χ1v) is 6.64. The highest BCUT2D eigenvalue weighted by Gasteiger charge is 2.28. The van der Waals surface area contributed by atoms with E-state index in [0.29, 0.717) is 6.04 Å². The molecule has 100 valence electrons. The summed E-state index contributed by atoms with van der Waals surface area (Å²) in [4.78, 5) is 21.7. The standard InChI is InChI=1S/C14H18N4O/c1-9-10(2)18(6-5-15-9)14(19)11-3-4-12-13(7-11)17-8-16-12/h3-4,7-10,15H,5-6H2,1-2H3,(H,16,17). The van der Waals surface area contributed by atoms with Crippen LogP contribution in [0.2, 0.25) is 0 Å². The van der Waals surface area contributed by atoms with Crippen molar-refractivity contribution in [2.24, 2.45) is 0 Å². The number of piperazine rings is 1. The van der Waals surface area contributed by atoms with Crippen molar-refractivity contribution in [3.05, 3.63) is 30.1 Å². The van der Waals surface area contributed by atoms with Crippen molar-refractivity contribution >= 4 is 16.9 Å². The number of imidazole rings is 1. The summed E-state index contributed by atoms with van der Waals surface area (Å²) in [6.07, 6.45) is 1.65. The predicted molar refractivity (Wildman–Crippen MR) is 74.1 cm³/mol. The predicted octanol–water partition coefficient (Wildman–Crippen LogP) is 1.39. The first kappa shape index (κ1) is 12.2. The molecule has 5 heteroatoms. The molecule has 2 atom stereocenters. The van der Waals surface area contributed by atoms with Crippen molar-refractivity contribution in [1.82, 2.24) is 20.2 Å². The molecular formula is C14H18N4O. The molecule has 1 amide bonds. The molecule has 1 aliphatic heterocycles. The van der Waals surface area contributed by atoms with E-state index in [2.05, 4.69) is 29.1 Å². The Labute approximate surface area is 112 Å². The Morgan fingerprint density at radius 3 is 3.11 bits per heavy atom. The zero-order valence-electron chi connectivity index (χ0n) is 11.2. The topological polar surface area (TPSA) is 61.0 Å². The van der Waals surface area contributed by atoms with Crippen LogP contribution in [-0.4, -0.2) is 45.9 Å². The average Bonchev–Trinajstić information content (AvgIpc) is 2.88. The van der Waals surface area contributed by atoms with Crippen LogP contribution >= 0.6 is 0 Å². The van der Waals surface area contributed by atoms with E-state index < -0.39 is 0 Å². The van der Waals surface area contributed by atoms with Crippen LogP contribution < -0.4 is 5.32 Å². The zero-order valence-corrected chi connectivity index (χ0v) is 11.2. The van der Waals surface area contributed by atoms with E-state index in [1.54, 1.807) is 6.33 Å². The molecule has 5 nitrogen and oxygen atoms in total. The summed E-state index contributed by atoms with van der Waals surface area (Å²) in [5.74, 6) is 0.0948. The van der Waals surface area contributed by atoms with Crippen molar-refractivity contribution in [2.45, 2.75) is 25.9 Å². The van der Waals surface area contributed by atoms with Crippen LogP contribution in [0, 0.1) is 0 Å². The van der Waals surface area contributed by atoms with E-state index in [0.717, 1.165) is 29.7 Å². The second-order valence-electron chi connectivity index (χ2n) is 5.12. The van der Waals surface area contributed by atoms with E-state index in [1.165, 1.54) is 0 Å². The Bertz CT molecular complexity index is 606. The van der Waals surface area contributed by atoms with Gasteiger partial charge < -0.3 is 15.2 Å². The molecule has 1 aromatic heterocycles. The van der Waals surface area contributed by atoms with E-state index in [-0.39, 0.29) is 11.9 Å². The molecule has 0 spiro atoms. The lowest BCUT2D eigenvalue weighted by molar-refractivity contribution is 0.0603. The molecule has 1 aromatic carbocycles. The van der Waals surface area contributed by atoms with Crippen LogP contribution in [0.4, 0.5) is 0 Å². The summed E-state index contributed by atoms with van der Waals surface area (Å²) in [5, 5.41) is 3.38. The molecule has 0 saturated carbocycles. The SMILES string of the molecule is CC1NCCN(C(=O)c2ccc3nc[nH]c3c2)C1C. The van der Waals surface area contributed by atoms with Gasteiger partial charge in [-0.15, -0.1) is 0 Å². The summed E-state index contributed by atoms with van der Waals surface area (Å²) in [6, 6.07) is 6.15. The fraction of sp³-hybridized carbons (Fsp3) is 0.429.